The number of rotatable bonds is 8. The molecule has 1 aliphatic rings. The van der Waals surface area contributed by atoms with Crippen LogP contribution in [0.15, 0.2) is 60.9 Å². The van der Waals surface area contributed by atoms with E-state index in [0.717, 1.165) is 29.7 Å². The van der Waals surface area contributed by atoms with E-state index in [4.69, 9.17) is 0 Å². The number of anilines is 4. The Morgan fingerprint density at radius 2 is 1.82 bits per heavy atom. The number of benzene rings is 2. The first-order chi connectivity index (χ1) is 18.3. The Morgan fingerprint density at radius 3 is 2.55 bits per heavy atom. The van der Waals surface area contributed by atoms with Crippen LogP contribution in [-0.4, -0.2) is 56.6 Å². The highest BCUT2D eigenvalue weighted by Crippen LogP contribution is 2.28. The lowest BCUT2D eigenvalue weighted by Gasteiger charge is -2.14. The molecule has 2 amide bonds. The number of amides is 2. The molecule has 2 heterocycles. The van der Waals surface area contributed by atoms with Crippen LogP contribution in [0.1, 0.15) is 44.8 Å². The Balaban J connectivity index is 1.46. The third-order valence-electron chi connectivity index (χ3n) is 6.17. The average Bonchev–Trinajstić information content (AvgIpc) is 3.61. The summed E-state index contributed by atoms with van der Waals surface area (Å²) in [6, 6.07) is 17.0. The zero-order valence-corrected chi connectivity index (χ0v) is 21.8. The summed E-state index contributed by atoms with van der Waals surface area (Å²) in [5.74, 6) is 1.36. The van der Waals surface area contributed by atoms with Crippen molar-refractivity contribution in [1.29, 1.82) is 0 Å². The molecular formula is C28H30N8O2. The van der Waals surface area contributed by atoms with E-state index in [1.54, 1.807) is 30.9 Å². The number of hydrogen-bond acceptors (Lipinski definition) is 7. The number of nitrogens with one attached hydrogen (secondary N) is 3. The number of hydrogen-bond donors (Lipinski definition) is 3. The Morgan fingerprint density at radius 1 is 1.00 bits per heavy atom. The maximum Gasteiger partial charge on any atom is 0.273 e. The molecule has 0 aliphatic heterocycles. The summed E-state index contributed by atoms with van der Waals surface area (Å²) < 4.78 is 1.59. The van der Waals surface area contributed by atoms with Gasteiger partial charge in [-0.3, -0.25) is 9.59 Å². The van der Waals surface area contributed by atoms with Gasteiger partial charge in [-0.25, -0.2) is 9.97 Å². The Kier molecular flexibility index (Phi) is 6.78. The first kappa shape index (κ1) is 24.9. The third kappa shape index (κ3) is 5.64. The highest BCUT2D eigenvalue weighted by atomic mass is 16.2. The molecule has 3 N–H and O–H groups in total. The van der Waals surface area contributed by atoms with Crippen molar-refractivity contribution in [2.24, 2.45) is 0 Å². The zero-order valence-electron chi connectivity index (χ0n) is 21.8. The quantitative estimate of drug-likeness (QED) is 0.318. The molecule has 194 valence electrons. The van der Waals surface area contributed by atoms with Gasteiger partial charge < -0.3 is 20.9 Å². The highest BCUT2D eigenvalue weighted by molar-refractivity contribution is 6.04. The number of carbonyl (C=O) groups excluding carboxylic acids is 2. The van der Waals surface area contributed by atoms with E-state index in [2.05, 4.69) is 31.0 Å². The summed E-state index contributed by atoms with van der Waals surface area (Å²) in [5.41, 5.74) is 4.21. The van der Waals surface area contributed by atoms with Crippen LogP contribution in [-0.2, 0) is 0 Å². The molecule has 0 spiro atoms. The molecule has 1 saturated carbocycles. The smallest absolute Gasteiger partial charge is 0.273 e. The van der Waals surface area contributed by atoms with E-state index in [-0.39, 0.29) is 17.5 Å². The van der Waals surface area contributed by atoms with Crippen LogP contribution in [0.25, 0.3) is 5.82 Å². The zero-order chi connectivity index (χ0) is 26.8. The third-order valence-corrected chi connectivity index (χ3v) is 6.17. The van der Waals surface area contributed by atoms with Gasteiger partial charge in [-0.1, -0.05) is 23.8 Å². The van der Waals surface area contributed by atoms with Crippen molar-refractivity contribution in [2.75, 3.05) is 30.0 Å². The number of nitrogens with zero attached hydrogens (tertiary/aromatic N) is 5. The second-order valence-electron chi connectivity index (χ2n) is 9.68. The SMILES string of the molecule is Cc1cccc(C(=O)Nc2ccc(C)c(Nc3cc(C(=O)N(C)C)nn3-c3cc(NC4CC4)ncn3)c2)c1. The summed E-state index contributed by atoms with van der Waals surface area (Å²) in [6.45, 7) is 3.91. The maximum atomic E-state index is 12.8. The fourth-order valence-corrected chi connectivity index (χ4v) is 3.92. The molecule has 10 nitrogen and oxygen atoms in total. The molecule has 38 heavy (non-hydrogen) atoms. The molecule has 0 radical (unpaired) electrons. The standard InChI is InChI=1S/C28H30N8O2/c1-17-6-5-7-19(12-17)27(37)32-21-9-8-18(2)22(13-21)33-26-14-23(28(38)35(3)4)34-36(26)25-15-24(29-16-30-25)31-20-10-11-20/h5-9,12-16,20,33H,10-11H2,1-4H3,(H,32,37)(H,29,30,31). The van der Waals surface area contributed by atoms with Crippen LogP contribution in [0.2, 0.25) is 0 Å². The monoisotopic (exact) mass is 510 g/mol. The lowest BCUT2D eigenvalue weighted by atomic mass is 10.1. The van der Waals surface area contributed by atoms with Crippen LogP contribution in [0, 0.1) is 13.8 Å². The Hall–Kier alpha value is -4.73. The van der Waals surface area contributed by atoms with Crippen molar-refractivity contribution in [3.8, 4) is 5.82 Å². The van der Waals surface area contributed by atoms with Gasteiger partial charge in [0.2, 0.25) is 0 Å². The summed E-state index contributed by atoms with van der Waals surface area (Å²) in [4.78, 5) is 35.7. The van der Waals surface area contributed by atoms with Gasteiger partial charge in [0.15, 0.2) is 11.5 Å². The van der Waals surface area contributed by atoms with E-state index in [0.29, 0.717) is 34.7 Å². The molecule has 2 aromatic carbocycles. The highest BCUT2D eigenvalue weighted by Gasteiger charge is 2.23. The van der Waals surface area contributed by atoms with Crippen molar-refractivity contribution >= 4 is 34.8 Å². The average molecular weight is 511 g/mol. The molecule has 1 fully saturated rings. The van der Waals surface area contributed by atoms with Crippen LogP contribution in [0.4, 0.5) is 23.0 Å². The number of carbonyl (C=O) groups is 2. The van der Waals surface area contributed by atoms with E-state index in [1.165, 1.54) is 11.2 Å². The minimum atomic E-state index is -0.229. The molecule has 2 aromatic heterocycles. The molecule has 0 atom stereocenters. The van der Waals surface area contributed by atoms with Gasteiger partial charge in [0.25, 0.3) is 11.8 Å². The van der Waals surface area contributed by atoms with Crippen LogP contribution >= 0.6 is 0 Å². The maximum absolute atomic E-state index is 12.8. The van der Waals surface area contributed by atoms with E-state index in [1.807, 2.05) is 56.3 Å². The van der Waals surface area contributed by atoms with Crippen molar-refractivity contribution in [3.63, 3.8) is 0 Å². The minimum absolute atomic E-state index is 0.191. The van der Waals surface area contributed by atoms with Crippen molar-refractivity contribution < 1.29 is 9.59 Å². The lowest BCUT2D eigenvalue weighted by Crippen LogP contribution is -2.22. The fraction of sp³-hybridized carbons (Fsp3) is 0.250. The normalized spacial score (nSPS) is 12.6. The van der Waals surface area contributed by atoms with Crippen molar-refractivity contribution in [3.05, 3.63) is 83.3 Å². The van der Waals surface area contributed by atoms with E-state index >= 15 is 0 Å². The predicted molar refractivity (Wildman–Crippen MR) is 147 cm³/mol. The second kappa shape index (κ2) is 10.3. The summed E-state index contributed by atoms with van der Waals surface area (Å²) >= 11 is 0. The van der Waals surface area contributed by atoms with Gasteiger partial charge in [0.1, 0.15) is 18.0 Å². The number of aryl methyl sites for hydroxylation is 2. The lowest BCUT2D eigenvalue weighted by molar-refractivity contribution is 0.0821. The molecule has 5 rings (SSSR count). The van der Waals surface area contributed by atoms with E-state index < -0.39 is 0 Å². The Labute approximate surface area is 221 Å². The van der Waals surface area contributed by atoms with Crippen molar-refractivity contribution in [1.82, 2.24) is 24.6 Å². The fourth-order valence-electron chi connectivity index (χ4n) is 3.92. The second-order valence-corrected chi connectivity index (χ2v) is 9.68. The summed E-state index contributed by atoms with van der Waals surface area (Å²) in [5, 5.41) is 14.3. The minimum Gasteiger partial charge on any atom is -0.367 e. The van der Waals surface area contributed by atoms with Gasteiger partial charge >= 0.3 is 0 Å². The van der Waals surface area contributed by atoms with Crippen LogP contribution in [0.3, 0.4) is 0 Å². The van der Waals surface area contributed by atoms with Crippen LogP contribution in [0.5, 0.6) is 0 Å². The first-order valence-electron chi connectivity index (χ1n) is 12.4. The Bertz CT molecular complexity index is 1510. The molecule has 0 saturated heterocycles. The van der Waals surface area contributed by atoms with Crippen LogP contribution < -0.4 is 16.0 Å². The van der Waals surface area contributed by atoms with Gasteiger partial charge in [-0.2, -0.15) is 9.78 Å². The summed E-state index contributed by atoms with van der Waals surface area (Å²) in [6.07, 6.45) is 3.71. The van der Waals surface area contributed by atoms with Gasteiger partial charge in [0.05, 0.1) is 0 Å². The first-order valence-corrected chi connectivity index (χ1v) is 12.4. The molecule has 10 heteroatoms. The largest absolute Gasteiger partial charge is 0.367 e. The molecular weight excluding hydrogens is 480 g/mol. The topological polar surface area (TPSA) is 117 Å². The molecule has 0 bridgehead atoms. The van der Waals surface area contributed by atoms with E-state index in [9.17, 15) is 9.59 Å². The summed E-state index contributed by atoms with van der Waals surface area (Å²) in [7, 11) is 3.36. The molecule has 4 aromatic rings. The molecule has 0 unspecified atom stereocenters. The number of aromatic nitrogens is 4. The van der Waals surface area contributed by atoms with Gasteiger partial charge in [0, 0.05) is 49.2 Å². The van der Waals surface area contributed by atoms with Gasteiger partial charge in [-0.15, -0.1) is 0 Å². The predicted octanol–water partition coefficient (Wildman–Crippen LogP) is 4.55. The molecule has 1 aliphatic carbocycles. The van der Waals surface area contributed by atoms with Crippen molar-refractivity contribution in [2.45, 2.75) is 32.7 Å². The van der Waals surface area contributed by atoms with Gasteiger partial charge in [-0.05, 0) is 56.5 Å².